The fraction of sp³-hybridized carbons (Fsp3) is 0.333. The highest BCUT2D eigenvalue weighted by Gasteiger charge is 2.25. The average molecular weight is 405 g/mol. The van der Waals surface area contributed by atoms with Crippen LogP contribution in [0.3, 0.4) is 0 Å². The number of hydrogen-bond acceptors (Lipinski definition) is 8. The van der Waals surface area contributed by atoms with E-state index in [0.29, 0.717) is 11.6 Å². The van der Waals surface area contributed by atoms with Crippen LogP contribution in [0.25, 0.3) is 5.78 Å². The summed E-state index contributed by atoms with van der Waals surface area (Å²) in [5.74, 6) is 0.858. The highest BCUT2D eigenvalue weighted by Crippen LogP contribution is 2.25. The number of methoxy groups -OCH3 is 2. The molecule has 0 bridgehead atoms. The fourth-order valence-electron chi connectivity index (χ4n) is 2.10. The molecule has 0 unspecified atom stereocenters. The van der Waals surface area contributed by atoms with Crippen LogP contribution < -0.4 is 14.3 Å². The van der Waals surface area contributed by atoms with E-state index in [1.807, 2.05) is 0 Å². The van der Waals surface area contributed by atoms with Gasteiger partial charge in [-0.2, -0.15) is 27.3 Å². The standard InChI is InChI=1S/C12H13ClN6O4S2/c1-6-9(13)10(18(2)16-6)25(20,21)17-12-15-11-14-7(22-3)5-8(23-4)19(11)24-12/h5H,1-4H3/b17-12+. The molecular weight excluding hydrogens is 392 g/mol. The van der Waals surface area contributed by atoms with Gasteiger partial charge in [-0.15, -0.1) is 4.40 Å². The second-order valence-electron chi connectivity index (χ2n) is 4.82. The maximum atomic E-state index is 12.6. The summed E-state index contributed by atoms with van der Waals surface area (Å²) in [6.07, 6.45) is 0. The van der Waals surface area contributed by atoms with Crippen LogP contribution >= 0.6 is 23.1 Å². The number of fused-ring (bicyclic) bond motifs is 1. The minimum absolute atomic E-state index is 0.0254. The van der Waals surface area contributed by atoms with Crippen molar-refractivity contribution < 1.29 is 17.9 Å². The van der Waals surface area contributed by atoms with Crippen LogP contribution in [0.15, 0.2) is 15.5 Å². The van der Waals surface area contributed by atoms with Crippen molar-refractivity contribution in [3.8, 4) is 11.8 Å². The van der Waals surface area contributed by atoms with E-state index in [2.05, 4.69) is 19.5 Å². The minimum atomic E-state index is -4.11. The molecule has 0 atom stereocenters. The molecule has 0 aromatic carbocycles. The zero-order valence-corrected chi connectivity index (χ0v) is 16.0. The Hall–Kier alpha value is -2.18. The Morgan fingerprint density at radius 2 is 2.00 bits per heavy atom. The first-order valence-corrected chi connectivity index (χ1v) is 9.35. The maximum Gasteiger partial charge on any atom is 0.303 e. The molecule has 0 saturated carbocycles. The van der Waals surface area contributed by atoms with Crippen LogP contribution in [0, 0.1) is 6.92 Å². The van der Waals surface area contributed by atoms with Crippen LogP contribution in [-0.2, 0) is 17.1 Å². The van der Waals surface area contributed by atoms with Crippen molar-refractivity contribution >= 4 is 38.9 Å². The largest absolute Gasteiger partial charge is 0.481 e. The molecule has 0 spiro atoms. The van der Waals surface area contributed by atoms with Gasteiger partial charge in [-0.05, 0) is 18.5 Å². The Bertz CT molecular complexity index is 1130. The Morgan fingerprint density at radius 3 is 2.56 bits per heavy atom. The molecule has 3 rings (SSSR count). The van der Waals surface area contributed by atoms with Gasteiger partial charge in [-0.25, -0.2) is 0 Å². The first kappa shape index (κ1) is 17.6. The molecule has 13 heteroatoms. The summed E-state index contributed by atoms with van der Waals surface area (Å²) in [4.78, 5) is 8.19. The predicted molar refractivity (Wildman–Crippen MR) is 89.7 cm³/mol. The van der Waals surface area contributed by atoms with Gasteiger partial charge < -0.3 is 9.47 Å². The number of rotatable bonds is 4. The molecule has 0 radical (unpaired) electrons. The molecule has 25 heavy (non-hydrogen) atoms. The topological polar surface area (TPSA) is 113 Å². The van der Waals surface area contributed by atoms with Crippen LogP contribution in [0.5, 0.6) is 11.8 Å². The van der Waals surface area contributed by atoms with Crippen LogP contribution in [0.4, 0.5) is 0 Å². The first-order chi connectivity index (χ1) is 11.8. The highest BCUT2D eigenvalue weighted by molar-refractivity contribution is 7.90. The monoisotopic (exact) mass is 404 g/mol. The van der Waals surface area contributed by atoms with Crippen molar-refractivity contribution in [3.63, 3.8) is 0 Å². The highest BCUT2D eigenvalue weighted by atomic mass is 35.5. The molecule has 10 nitrogen and oxygen atoms in total. The van der Waals surface area contributed by atoms with Crippen molar-refractivity contribution in [1.29, 1.82) is 0 Å². The quantitative estimate of drug-likeness (QED) is 0.631. The van der Waals surface area contributed by atoms with Gasteiger partial charge in [0.1, 0.15) is 5.02 Å². The van der Waals surface area contributed by atoms with Crippen LogP contribution in [-0.4, -0.2) is 46.2 Å². The van der Waals surface area contributed by atoms with Crippen molar-refractivity contribution in [2.75, 3.05) is 14.2 Å². The van der Waals surface area contributed by atoms with Crippen molar-refractivity contribution in [2.45, 2.75) is 11.9 Å². The summed E-state index contributed by atoms with van der Waals surface area (Å²) >= 11 is 6.99. The van der Waals surface area contributed by atoms with Crippen LogP contribution in [0.1, 0.15) is 5.69 Å². The van der Waals surface area contributed by atoms with Gasteiger partial charge in [0.2, 0.25) is 16.6 Å². The van der Waals surface area contributed by atoms with Crippen molar-refractivity contribution in [3.05, 3.63) is 21.6 Å². The number of aromatic nitrogens is 5. The van der Waals surface area contributed by atoms with E-state index in [4.69, 9.17) is 21.1 Å². The van der Waals surface area contributed by atoms with E-state index in [9.17, 15) is 8.42 Å². The van der Waals surface area contributed by atoms with E-state index in [1.165, 1.54) is 29.7 Å². The molecule has 3 heterocycles. The van der Waals surface area contributed by atoms with Crippen molar-refractivity contribution in [1.82, 2.24) is 23.5 Å². The minimum Gasteiger partial charge on any atom is -0.481 e. The zero-order chi connectivity index (χ0) is 18.4. The number of hydrogen-bond donors (Lipinski definition) is 0. The molecule has 0 aliphatic carbocycles. The van der Waals surface area contributed by atoms with Gasteiger partial charge in [-0.3, -0.25) is 4.68 Å². The van der Waals surface area contributed by atoms with Gasteiger partial charge in [0.05, 0.1) is 26.0 Å². The number of halogens is 1. The summed E-state index contributed by atoms with van der Waals surface area (Å²) in [5, 5.41) is 3.81. The van der Waals surface area contributed by atoms with E-state index < -0.39 is 10.0 Å². The van der Waals surface area contributed by atoms with Crippen molar-refractivity contribution in [2.24, 2.45) is 11.4 Å². The summed E-state index contributed by atoms with van der Waals surface area (Å²) in [6, 6.07) is 1.55. The third-order valence-electron chi connectivity index (χ3n) is 3.17. The summed E-state index contributed by atoms with van der Waals surface area (Å²) in [7, 11) is 0.284. The van der Waals surface area contributed by atoms with Gasteiger partial charge in [0.25, 0.3) is 5.78 Å². The molecular formula is C12H13ClN6O4S2. The SMILES string of the molecule is COc1cc(OC)n2s/c(=N/S(=O)(=O)c3c(Cl)c(C)nn3C)nc2n1. The molecule has 0 fully saturated rings. The second kappa shape index (κ2) is 6.28. The Labute approximate surface area is 151 Å². The third-order valence-corrected chi connectivity index (χ3v) is 6.09. The van der Waals surface area contributed by atoms with Gasteiger partial charge in [0.15, 0.2) is 5.03 Å². The third kappa shape index (κ3) is 3.07. The lowest BCUT2D eigenvalue weighted by Gasteiger charge is -2.03. The smallest absolute Gasteiger partial charge is 0.303 e. The number of ether oxygens (including phenoxy) is 2. The van der Waals surface area contributed by atoms with E-state index >= 15 is 0 Å². The van der Waals surface area contributed by atoms with E-state index in [1.54, 1.807) is 13.0 Å². The summed E-state index contributed by atoms with van der Waals surface area (Å²) in [5.41, 5.74) is 0.393. The van der Waals surface area contributed by atoms with Gasteiger partial charge >= 0.3 is 10.0 Å². The Kier molecular flexibility index (Phi) is 4.43. The number of aryl methyl sites for hydroxylation is 2. The first-order valence-electron chi connectivity index (χ1n) is 6.76. The maximum absolute atomic E-state index is 12.6. The molecule has 0 saturated heterocycles. The average Bonchev–Trinajstić information content (AvgIpc) is 3.05. The summed E-state index contributed by atoms with van der Waals surface area (Å²) < 4.78 is 41.8. The van der Waals surface area contributed by atoms with Gasteiger partial charge in [0, 0.05) is 7.05 Å². The normalized spacial score (nSPS) is 12.8. The molecule has 0 aliphatic heterocycles. The second-order valence-corrected chi connectivity index (χ2v) is 7.63. The van der Waals surface area contributed by atoms with E-state index in [0.717, 1.165) is 11.5 Å². The zero-order valence-electron chi connectivity index (χ0n) is 13.6. The molecule has 3 aromatic heterocycles. The Balaban J connectivity index is 2.21. The number of sulfonamides is 1. The lowest BCUT2D eigenvalue weighted by molar-refractivity contribution is 0.372. The fourth-order valence-corrected chi connectivity index (χ4v) is 4.73. The molecule has 134 valence electrons. The summed E-state index contributed by atoms with van der Waals surface area (Å²) in [6.45, 7) is 1.61. The molecule has 0 amide bonds. The number of nitrogens with zero attached hydrogens (tertiary/aromatic N) is 6. The molecule has 3 aromatic rings. The lowest BCUT2D eigenvalue weighted by atomic mass is 10.5. The predicted octanol–water partition coefficient (Wildman–Crippen LogP) is 0.793. The van der Waals surface area contributed by atoms with E-state index in [-0.39, 0.29) is 26.5 Å². The molecule has 0 aliphatic rings. The molecule has 0 N–H and O–H groups in total. The van der Waals surface area contributed by atoms with Crippen LogP contribution in [0.2, 0.25) is 5.02 Å². The Morgan fingerprint density at radius 1 is 1.28 bits per heavy atom. The van der Waals surface area contributed by atoms with Gasteiger partial charge in [-0.1, -0.05) is 11.6 Å². The lowest BCUT2D eigenvalue weighted by Crippen LogP contribution is -2.10.